The number of ether oxygens (including phenoxy) is 8. The number of aliphatic hydroxyl groups excluding tert-OH is 1. The van der Waals surface area contributed by atoms with E-state index in [-0.39, 0.29) is 106 Å². The van der Waals surface area contributed by atoms with Gasteiger partial charge in [-0.25, -0.2) is 29.1 Å². The van der Waals surface area contributed by atoms with Crippen LogP contribution in [0.15, 0.2) is 179 Å². The molecule has 5 N–H and O–H groups in total. The molecule has 2 heterocycles. The summed E-state index contributed by atoms with van der Waals surface area (Å²) < 4.78 is 146. The topological polar surface area (TPSA) is 401 Å². The minimum atomic E-state index is -3.75. The van der Waals surface area contributed by atoms with Gasteiger partial charge in [-0.2, -0.15) is 35.1 Å². The molecular formula is C77H92F8N6O22. The van der Waals surface area contributed by atoms with Crippen LogP contribution in [0.2, 0.25) is 0 Å². The van der Waals surface area contributed by atoms with E-state index in [0.29, 0.717) is 46.7 Å². The van der Waals surface area contributed by atoms with Gasteiger partial charge in [0.1, 0.15) is 0 Å². The van der Waals surface area contributed by atoms with Crippen LogP contribution < -0.4 is 20.5 Å². The molecule has 0 fully saturated rings. The van der Waals surface area contributed by atoms with E-state index in [1.54, 1.807) is 124 Å². The minimum Gasteiger partial charge on any atom is -0.479 e. The van der Waals surface area contributed by atoms with E-state index in [4.69, 9.17) is 39.6 Å². The second kappa shape index (κ2) is 52.5. The van der Waals surface area contributed by atoms with E-state index in [0.717, 1.165) is 18.9 Å². The molecule has 0 saturated carbocycles. The predicted molar refractivity (Wildman–Crippen MR) is 396 cm³/mol. The van der Waals surface area contributed by atoms with Gasteiger partial charge in [0.15, 0.2) is 11.4 Å². The molecule has 618 valence electrons. The number of carboxylic acid groups (broad SMARTS) is 1. The molecule has 36 heteroatoms. The minimum absolute atomic E-state index is 0.0112. The Balaban J connectivity index is 0.00000143. The lowest BCUT2D eigenvalue weighted by Crippen LogP contribution is -2.48. The molecule has 0 aliphatic carbocycles. The number of aliphatic hydroxyl groups is 1. The maximum atomic E-state index is 14.4. The number of nitrogens with zero attached hydrogens (tertiary/aromatic N) is 4. The summed E-state index contributed by atoms with van der Waals surface area (Å²) in [6, 6.07) is 28.0. The third-order valence-corrected chi connectivity index (χ3v) is 14.1. The monoisotopic (exact) mass is 1600 g/mol. The average Bonchev–Trinajstić information content (AvgIpc) is 0.807. The van der Waals surface area contributed by atoms with Crippen LogP contribution in [0, 0.1) is 34.1 Å². The number of halogens is 8. The maximum Gasteiger partial charge on any atom is 0.371 e. The number of alkyl halides is 8. The van der Waals surface area contributed by atoms with E-state index in [1.807, 2.05) is 6.92 Å². The first-order chi connectivity index (χ1) is 53.1. The molecule has 0 saturated heterocycles. The predicted octanol–water partition coefficient (Wildman–Crippen LogP) is 12.8. The first-order valence-electron chi connectivity index (χ1n) is 33.9. The Morgan fingerprint density at radius 1 is 0.549 bits per heavy atom. The lowest BCUT2D eigenvalue weighted by molar-refractivity contribution is -0.385. The molecule has 3 aromatic carbocycles. The number of pyridine rings is 2. The summed E-state index contributed by atoms with van der Waals surface area (Å²) in [5, 5.41) is 41.9. The molecule has 0 bridgehead atoms. The molecule has 5 rings (SSSR count). The maximum absolute atomic E-state index is 14.4. The number of allylic oxidation sites excluding steroid dienone is 2. The number of aryl methyl sites for hydroxylation is 2. The molecule has 4 unspecified atom stereocenters. The molecule has 6 atom stereocenters. The van der Waals surface area contributed by atoms with E-state index in [9.17, 15) is 93.7 Å². The molecule has 2 aromatic heterocycles. The van der Waals surface area contributed by atoms with Crippen LogP contribution in [0.5, 0.6) is 11.8 Å². The highest BCUT2D eigenvalue weighted by Crippen LogP contribution is 2.31. The highest BCUT2D eigenvalue weighted by Gasteiger charge is 2.46. The second-order valence-corrected chi connectivity index (χ2v) is 23.0. The van der Waals surface area contributed by atoms with E-state index < -0.39 is 117 Å². The van der Waals surface area contributed by atoms with E-state index in [2.05, 4.69) is 69.0 Å². The number of benzene rings is 3. The van der Waals surface area contributed by atoms with E-state index >= 15 is 0 Å². The zero-order valence-electron chi connectivity index (χ0n) is 63.0. The average molecular weight is 1610 g/mol. The number of ketones is 2. The Hall–Kier alpha value is -11.6. The second-order valence-electron chi connectivity index (χ2n) is 23.0. The molecular weight excluding hydrogens is 1510 g/mol. The number of carbonyl (C=O) groups excluding carboxylic acids is 7. The van der Waals surface area contributed by atoms with Gasteiger partial charge in [-0.05, 0) is 115 Å². The Morgan fingerprint density at radius 3 is 1.22 bits per heavy atom. The third-order valence-electron chi connectivity index (χ3n) is 14.1. The van der Waals surface area contributed by atoms with Gasteiger partial charge in [0.05, 0.1) is 74.8 Å². The zero-order valence-corrected chi connectivity index (χ0v) is 63.0. The zero-order chi connectivity index (χ0) is 86.2. The highest BCUT2D eigenvalue weighted by atomic mass is 19.3. The fourth-order valence-corrected chi connectivity index (χ4v) is 8.25. The van der Waals surface area contributed by atoms with Gasteiger partial charge in [0, 0.05) is 23.3 Å². The van der Waals surface area contributed by atoms with Gasteiger partial charge >= 0.3 is 47.6 Å². The number of carboxylic acids is 1. The van der Waals surface area contributed by atoms with Crippen LogP contribution in [0.25, 0.3) is 0 Å². The number of carbonyl (C=O) groups is 8. The molecule has 0 aliphatic rings. The number of aldehydes is 1. The molecule has 28 nitrogen and oxygen atoms in total. The van der Waals surface area contributed by atoms with Crippen LogP contribution in [0.3, 0.4) is 0 Å². The van der Waals surface area contributed by atoms with E-state index in [1.165, 1.54) is 26.8 Å². The number of hydrogen-bond acceptors (Lipinski definition) is 24. The van der Waals surface area contributed by atoms with Gasteiger partial charge in [-0.1, -0.05) is 129 Å². The van der Waals surface area contributed by atoms with Gasteiger partial charge < -0.3 is 59.2 Å². The summed E-state index contributed by atoms with van der Waals surface area (Å²) in [5.74, 6) is -22.0. The SMILES string of the molecule is C=CC(F)(F)C(O)C(=O)OCC.C=CC(F)(F)C(OCc1ccccc1)C(=O)O.C=CC(F)(F)C(OCc1ccccc1)C(=O)OCC.C=CCC[C@@H](C)Oc1nc(C(=O)CN)c([N+](=O)[O-])cc1C.C=CCC[C@@H](C)Oc1nc(C(=O)CNC(=O)C(OCc2ccccc2)C(F)(F)C=C)c([N+](=O)[O-])cc1C.CCOC(=O)C=O. The number of nitrogens with one attached hydrogen (secondary N) is 1. The normalized spacial score (nSPS) is 12.4. The summed E-state index contributed by atoms with van der Waals surface area (Å²) in [6.45, 7) is 28.9. The summed E-state index contributed by atoms with van der Waals surface area (Å²) in [7, 11) is 0. The summed E-state index contributed by atoms with van der Waals surface area (Å²) >= 11 is 0. The highest BCUT2D eigenvalue weighted by molar-refractivity contribution is 6.20. The van der Waals surface area contributed by atoms with Crippen molar-refractivity contribution in [3.05, 3.63) is 238 Å². The number of amides is 1. The largest absolute Gasteiger partial charge is 0.479 e. The number of nitro groups is 2. The van der Waals surface area contributed by atoms with Crippen LogP contribution in [-0.2, 0) is 77.0 Å². The van der Waals surface area contributed by atoms with Crippen LogP contribution >= 0.6 is 0 Å². The molecule has 1 amide bonds. The van der Waals surface area contributed by atoms with Crippen LogP contribution in [0.1, 0.15) is 109 Å². The van der Waals surface area contributed by atoms with Crippen molar-refractivity contribution in [2.24, 2.45) is 5.73 Å². The molecule has 0 radical (unpaired) electrons. The number of nitrogens with two attached hydrogens (primary N) is 1. The molecule has 5 aromatic rings. The molecule has 0 aliphatic heterocycles. The molecule has 0 spiro atoms. The Morgan fingerprint density at radius 2 is 0.894 bits per heavy atom. The smallest absolute Gasteiger partial charge is 0.371 e. The Labute approximate surface area is 646 Å². The number of rotatable bonds is 42. The summed E-state index contributed by atoms with van der Waals surface area (Å²) in [4.78, 5) is 118. The Bertz CT molecular complexity index is 3940. The summed E-state index contributed by atoms with van der Waals surface area (Å²) in [5.41, 5.74) is 6.17. The third kappa shape index (κ3) is 37.3. The van der Waals surface area contributed by atoms with Crippen molar-refractivity contribution in [3.8, 4) is 11.8 Å². The molecule has 113 heavy (non-hydrogen) atoms. The van der Waals surface area contributed by atoms with Crippen LogP contribution in [-0.4, -0.2) is 171 Å². The lowest BCUT2D eigenvalue weighted by Gasteiger charge is -2.23. The number of esters is 3. The first kappa shape index (κ1) is 101. The van der Waals surface area contributed by atoms with Crippen molar-refractivity contribution < 1.29 is 131 Å². The quantitative estimate of drug-likeness (QED) is 0.00324. The van der Waals surface area contributed by atoms with Crippen molar-refractivity contribution in [2.45, 2.75) is 154 Å². The van der Waals surface area contributed by atoms with Gasteiger partial charge in [-0.3, -0.25) is 39.4 Å². The Kier molecular flexibility index (Phi) is 47.2. The van der Waals surface area contributed by atoms with Crippen molar-refractivity contribution in [1.29, 1.82) is 0 Å². The fraction of sp³-hybridized carbons (Fsp3) is 0.377. The first-order valence-corrected chi connectivity index (χ1v) is 33.9. The standard InChI is InChI=1S/C26H29F2N3O6.C14H16F2O3.C14H19N3O4.C12H12F2O3.C7H10F2O3.C4H6O3/c1-5-7-11-18(4)37-25-17(3)14-20(31(34)35)22(30-25)21(32)15-29-24(33)23(26(27,28)6-2)36-16-19-12-9-8-10-13-19;1-3-14(15,16)12(13(17)18-4-2)19-10-11-8-6-5-7-9-11;1-4-5-6-10(3)21-14-9(2)7-11(17(19)20)13(16-14)12(18)8-15;1-2-12(13,14)10(11(15)16)17-8-9-6-4-3-5-7-9;1-3-7(8,9)5(10)6(11)12-4-2;1-2-7-4(6)3-5/h5-6,8-10,12-14,18,23H,1-2,7,11,15-16H2,3-4H3,(H,29,33);3,5-9,12H,1,4,10H2,2H3;4,7,10H,1,5-6,8,15H2,2-3H3;2-7,10H,1,8H2,(H,15,16);3,5,10H,1,4H2,2H3;3H,2H2,1H3/t18-,23?;;10-;;;/m1.1.../s1. The van der Waals surface area contributed by atoms with Gasteiger partial charge in [-0.15, -0.1) is 13.2 Å². The number of aliphatic carboxylic acids is 1. The fourth-order valence-electron chi connectivity index (χ4n) is 8.25. The number of aromatic nitrogens is 2. The van der Waals surface area contributed by atoms with Crippen molar-refractivity contribution in [1.82, 2.24) is 15.3 Å². The van der Waals surface area contributed by atoms with Crippen molar-refractivity contribution in [2.75, 3.05) is 32.9 Å². The van der Waals surface area contributed by atoms with Crippen LogP contribution in [0.4, 0.5) is 46.5 Å². The van der Waals surface area contributed by atoms with Crippen molar-refractivity contribution >= 4 is 59.0 Å². The van der Waals surface area contributed by atoms with Crippen molar-refractivity contribution in [3.63, 3.8) is 0 Å². The van der Waals surface area contributed by atoms with Gasteiger partial charge in [0.2, 0.25) is 54.0 Å². The number of hydrogen-bond donors (Lipinski definition) is 4. The van der Waals surface area contributed by atoms with Gasteiger partial charge in [0.25, 0.3) is 17.3 Å². The lowest BCUT2D eigenvalue weighted by atomic mass is 10.1. The summed E-state index contributed by atoms with van der Waals surface area (Å²) in [6.07, 6.45) is -1.88. The number of Topliss-reactive ketones (excluding diaryl/α,β-unsaturated/α-hetero) is 2.